The van der Waals surface area contributed by atoms with E-state index in [4.69, 9.17) is 34.3 Å². The summed E-state index contributed by atoms with van der Waals surface area (Å²) in [6.07, 6.45) is -2.33. The van der Waals surface area contributed by atoms with E-state index in [-0.39, 0.29) is 55.1 Å². The van der Waals surface area contributed by atoms with Crippen molar-refractivity contribution in [2.24, 2.45) is 0 Å². The largest absolute Gasteiger partial charge is 3.00 e. The second-order valence-corrected chi connectivity index (χ2v) is 1.59. The molecule has 0 saturated heterocycles. The minimum absolute atomic E-state index is 0. The molecule has 0 aliphatic carbocycles. The van der Waals surface area contributed by atoms with Crippen LogP contribution in [0.25, 0.3) is 0 Å². The fraction of sp³-hybridized carbons (Fsp3) is 0. The van der Waals surface area contributed by atoms with Gasteiger partial charge in [-0.1, -0.05) is 0 Å². The van der Waals surface area contributed by atoms with Gasteiger partial charge in [-0.3, -0.25) is 0 Å². The van der Waals surface area contributed by atoms with Crippen LogP contribution in [-0.2, 0) is 21.9 Å². The Kier molecular flexibility index (Phi) is 23.1. The number of carbonyl (C=O) groups is 1. The Morgan fingerprint density at radius 2 is 1.09 bits per heavy atom. The molecule has 0 aliphatic rings. The minimum Gasteiger partial charge on any atom is -0.822 e. The van der Waals surface area contributed by atoms with E-state index < -0.39 is 14.0 Å². The smallest absolute Gasteiger partial charge is 0.822 e. The summed E-state index contributed by atoms with van der Waals surface area (Å²) >= 11 is 0. The van der Waals surface area contributed by atoms with Gasteiger partial charge in [0.25, 0.3) is 0 Å². The Labute approximate surface area is 102 Å². The first-order valence-corrected chi connectivity index (χ1v) is 2.80. The molecule has 0 atom stereocenters. The van der Waals surface area contributed by atoms with E-state index >= 15 is 0 Å². The van der Waals surface area contributed by atoms with Gasteiger partial charge in [0.1, 0.15) is 0 Å². The molecule has 0 aromatic heterocycles. The van der Waals surface area contributed by atoms with E-state index in [9.17, 15) is 0 Å². The molecule has 10 heteroatoms. The minimum atomic E-state index is -5.39. The maximum Gasteiger partial charge on any atom is 3.00 e. The molecule has 0 aromatic rings. The normalized spacial score (nSPS) is 7.55. The van der Waals surface area contributed by atoms with Gasteiger partial charge in [0.15, 0.2) is 0 Å². The quantitative estimate of drug-likeness (QED) is 0.305. The van der Waals surface area contributed by atoms with Crippen LogP contribution in [0.4, 0.5) is 4.79 Å². The molecule has 0 spiro atoms. The molecular weight excluding hydrogens is 247 g/mol. The zero-order valence-electron chi connectivity index (χ0n) is 4.92. The molecule has 0 heterocycles. The van der Waals surface area contributed by atoms with Crippen molar-refractivity contribution in [3.63, 3.8) is 0 Å². The first-order valence-electron chi connectivity index (χ1n) is 1.34. The van der Waals surface area contributed by atoms with Crippen molar-refractivity contribution < 1.29 is 51.6 Å². The number of hydrogen-bond acceptors (Lipinski definition) is 7. The molecule has 59 valence electrons. The molecule has 0 fully saturated rings. The van der Waals surface area contributed by atoms with Gasteiger partial charge < -0.3 is 34.3 Å². The SMILES string of the molecule is O=C([O-])[O-].O=P([O-])([O-])[O-].[Ca+2].[Cr+3]. The number of hydrogen-bond donors (Lipinski definition) is 0. The monoisotopic (exact) mass is 247 g/mol. The van der Waals surface area contributed by atoms with Gasteiger partial charge >= 0.3 is 55.1 Å². The standard InChI is InChI=1S/CH2O3.Ca.Cr.H3O4P/c2-1(3)4;;;1-5(2,3)4/h(H2,2,3,4);;;(H3,1,2,3,4)/q;+2;+3;/p-5. The molecular formula is CCaCrO7P. The van der Waals surface area contributed by atoms with E-state index in [0.29, 0.717) is 0 Å². The zero-order chi connectivity index (χ0) is 8.08. The molecule has 0 saturated carbocycles. The van der Waals surface area contributed by atoms with Gasteiger partial charge in [-0.25, -0.2) is 0 Å². The third-order valence-corrected chi connectivity index (χ3v) is 0. The summed E-state index contributed by atoms with van der Waals surface area (Å²) < 4.78 is 8.55. The maximum absolute atomic E-state index is 8.55. The first kappa shape index (κ1) is 22.7. The Balaban J connectivity index is -0.0000000383. The molecule has 7 nitrogen and oxygen atoms in total. The molecule has 0 amide bonds. The summed E-state index contributed by atoms with van der Waals surface area (Å²) in [7, 11) is -5.39. The van der Waals surface area contributed by atoms with Gasteiger partial charge in [0, 0.05) is 0 Å². The molecule has 0 unspecified atom stereocenters. The van der Waals surface area contributed by atoms with E-state index in [1.165, 1.54) is 0 Å². The Morgan fingerprint density at radius 1 is 1.09 bits per heavy atom. The van der Waals surface area contributed by atoms with E-state index in [1.54, 1.807) is 0 Å². The van der Waals surface area contributed by atoms with Crippen LogP contribution in [0.3, 0.4) is 0 Å². The van der Waals surface area contributed by atoms with Crippen LogP contribution in [0.5, 0.6) is 0 Å². The van der Waals surface area contributed by atoms with Crippen molar-refractivity contribution in [1.82, 2.24) is 0 Å². The van der Waals surface area contributed by atoms with Gasteiger partial charge in [-0.05, 0) is 6.16 Å². The van der Waals surface area contributed by atoms with Crippen LogP contribution in [0.15, 0.2) is 0 Å². The van der Waals surface area contributed by atoms with Crippen molar-refractivity contribution in [3.05, 3.63) is 0 Å². The van der Waals surface area contributed by atoms with Crippen molar-refractivity contribution in [3.8, 4) is 0 Å². The summed E-state index contributed by atoms with van der Waals surface area (Å²) in [6, 6.07) is 0. The van der Waals surface area contributed by atoms with Crippen molar-refractivity contribution in [2.45, 2.75) is 0 Å². The summed E-state index contributed by atoms with van der Waals surface area (Å²) in [5.41, 5.74) is 0. The Hall–Kier alpha value is 1.17. The third kappa shape index (κ3) is 684. The van der Waals surface area contributed by atoms with Crippen molar-refractivity contribution in [1.29, 1.82) is 0 Å². The van der Waals surface area contributed by atoms with Crippen LogP contribution in [0.2, 0.25) is 0 Å². The third-order valence-electron chi connectivity index (χ3n) is 0. The van der Waals surface area contributed by atoms with Crippen LogP contribution >= 0.6 is 7.82 Å². The predicted octanol–water partition coefficient (Wildman–Crippen LogP) is -5.65. The van der Waals surface area contributed by atoms with Crippen LogP contribution in [0, 0.1) is 0 Å². The van der Waals surface area contributed by atoms with E-state index in [2.05, 4.69) is 0 Å². The number of carbonyl (C=O) groups excluding carboxylic acids is 1. The molecule has 0 aromatic carbocycles. The number of rotatable bonds is 0. The van der Waals surface area contributed by atoms with E-state index in [0.717, 1.165) is 0 Å². The molecule has 0 rings (SSSR count). The van der Waals surface area contributed by atoms with Crippen LogP contribution in [-0.4, -0.2) is 43.9 Å². The molecule has 0 bridgehead atoms. The van der Waals surface area contributed by atoms with Crippen molar-refractivity contribution >= 4 is 51.7 Å². The summed E-state index contributed by atoms with van der Waals surface area (Å²) in [5, 5.41) is 16.7. The van der Waals surface area contributed by atoms with E-state index in [1.807, 2.05) is 0 Å². The Bertz CT molecular complexity index is 118. The number of phosphoric acid groups is 1. The molecule has 11 heavy (non-hydrogen) atoms. The average molecular weight is 247 g/mol. The van der Waals surface area contributed by atoms with Crippen LogP contribution < -0.4 is 24.9 Å². The predicted molar refractivity (Wildman–Crippen MR) is 18.8 cm³/mol. The summed E-state index contributed by atoms with van der Waals surface area (Å²) in [5.74, 6) is 0. The maximum atomic E-state index is 8.55. The van der Waals surface area contributed by atoms with Gasteiger partial charge in [0.2, 0.25) is 0 Å². The molecule has 0 aliphatic heterocycles. The molecule has 0 N–H and O–H groups in total. The van der Waals surface area contributed by atoms with Crippen molar-refractivity contribution in [2.75, 3.05) is 0 Å². The van der Waals surface area contributed by atoms with Gasteiger partial charge in [-0.15, -0.1) is 0 Å². The molecule has 1 radical (unpaired) electrons. The first-order chi connectivity index (χ1) is 3.73. The number of carboxylic acid groups (broad SMARTS) is 2. The Morgan fingerprint density at radius 3 is 1.09 bits per heavy atom. The summed E-state index contributed by atoms with van der Waals surface area (Å²) in [4.78, 5) is 34.0. The second kappa shape index (κ2) is 11.2. The topological polar surface area (TPSA) is 149 Å². The second-order valence-electron chi connectivity index (χ2n) is 0.697. The summed E-state index contributed by atoms with van der Waals surface area (Å²) in [6.45, 7) is 0. The zero-order valence-corrected chi connectivity index (χ0v) is 9.30. The van der Waals surface area contributed by atoms with Gasteiger partial charge in [-0.2, -0.15) is 7.82 Å². The fourth-order valence-corrected chi connectivity index (χ4v) is 0. The fourth-order valence-electron chi connectivity index (χ4n) is 0. The van der Waals surface area contributed by atoms with Crippen LogP contribution in [0.1, 0.15) is 0 Å². The average Bonchev–Trinajstić information content (AvgIpc) is 1.19. The van der Waals surface area contributed by atoms with Gasteiger partial charge in [0.05, 0.1) is 0 Å².